The Morgan fingerprint density at radius 2 is 1.82 bits per heavy atom. The van der Waals surface area contributed by atoms with E-state index in [0.717, 1.165) is 18.5 Å². The van der Waals surface area contributed by atoms with Crippen molar-refractivity contribution in [2.75, 3.05) is 18.6 Å². The highest BCUT2D eigenvalue weighted by molar-refractivity contribution is 5.91. The predicted octanol–water partition coefficient (Wildman–Crippen LogP) is 3.58. The summed E-state index contributed by atoms with van der Waals surface area (Å²) in [6.45, 7) is 0.540. The lowest BCUT2D eigenvalue weighted by Crippen LogP contribution is -2.25. The number of amides is 1. The largest absolute Gasteiger partial charge is 0.494 e. The van der Waals surface area contributed by atoms with Gasteiger partial charge in [0.05, 0.1) is 36.9 Å². The van der Waals surface area contributed by atoms with Crippen LogP contribution in [0, 0.1) is 0 Å². The monoisotopic (exact) mass is 455 g/mol. The molecule has 0 unspecified atom stereocenters. The molecule has 1 saturated heterocycles. The van der Waals surface area contributed by atoms with E-state index in [2.05, 4.69) is 10.2 Å². The number of methoxy groups -OCH3 is 1. The number of carbonyl (C=O) groups is 1. The maximum Gasteiger partial charge on any atom is 0.415 e. The number of carbonyl (C=O) groups excluding carboxylic acids is 1. The third kappa shape index (κ3) is 3.33. The zero-order valence-corrected chi connectivity index (χ0v) is 18.4. The van der Waals surface area contributed by atoms with Gasteiger partial charge in [-0.2, -0.15) is 10.2 Å². The minimum absolute atomic E-state index is 0.223. The first-order chi connectivity index (χ1) is 16.6. The van der Waals surface area contributed by atoms with Crippen LogP contribution in [0.5, 0.6) is 5.75 Å². The summed E-state index contributed by atoms with van der Waals surface area (Å²) in [6.07, 6.45) is 4.68. The molecule has 4 aromatic rings. The molecule has 3 heterocycles. The molecule has 1 saturated carbocycles. The molecule has 1 spiro atoms. The summed E-state index contributed by atoms with van der Waals surface area (Å²) >= 11 is 0. The summed E-state index contributed by atoms with van der Waals surface area (Å²) in [5.74, 6) is 0.515. The fourth-order valence-electron chi connectivity index (χ4n) is 4.22. The van der Waals surface area contributed by atoms with Crippen LogP contribution in [0.15, 0.2) is 77.9 Å². The summed E-state index contributed by atoms with van der Waals surface area (Å²) < 4.78 is 14.4. The molecule has 1 aliphatic heterocycles. The molecule has 0 radical (unpaired) electrons. The standard InChI is InChI=1S/C25H21N5O4/c1-33-22-15-18(28-16-25(11-12-25)34-24(28)32)7-8-19(22)29-14-10-21(31)23(27-29)20-9-13-26-30(20)17-5-3-2-4-6-17/h2-10,13-15H,11-12,16H2,1H3. The Morgan fingerprint density at radius 1 is 1.00 bits per heavy atom. The van der Waals surface area contributed by atoms with Gasteiger partial charge in [-0.15, -0.1) is 0 Å². The SMILES string of the molecule is COc1cc(N2CC3(CC3)OC2=O)ccc1-n1ccc(=O)c(-c2ccnn2-c2ccccc2)n1. The van der Waals surface area contributed by atoms with E-state index < -0.39 is 0 Å². The number of rotatable bonds is 5. The second kappa shape index (κ2) is 7.58. The van der Waals surface area contributed by atoms with Crippen LogP contribution in [-0.4, -0.2) is 44.9 Å². The molecular formula is C25H21N5O4. The molecule has 1 aliphatic carbocycles. The van der Waals surface area contributed by atoms with Crippen molar-refractivity contribution in [2.24, 2.45) is 0 Å². The van der Waals surface area contributed by atoms with Crippen molar-refractivity contribution in [1.29, 1.82) is 0 Å². The quantitative estimate of drug-likeness (QED) is 0.457. The van der Waals surface area contributed by atoms with Crippen molar-refractivity contribution in [3.8, 4) is 28.5 Å². The van der Waals surface area contributed by atoms with Gasteiger partial charge in [0.25, 0.3) is 0 Å². The third-order valence-corrected chi connectivity index (χ3v) is 6.19. The van der Waals surface area contributed by atoms with Gasteiger partial charge < -0.3 is 9.47 Å². The molecule has 34 heavy (non-hydrogen) atoms. The van der Waals surface area contributed by atoms with E-state index in [1.807, 2.05) is 42.5 Å². The van der Waals surface area contributed by atoms with E-state index in [9.17, 15) is 9.59 Å². The molecule has 0 N–H and O–H groups in total. The summed E-state index contributed by atoms with van der Waals surface area (Å²) in [6, 6.07) is 18.2. The van der Waals surface area contributed by atoms with E-state index in [1.165, 1.54) is 6.07 Å². The van der Waals surface area contributed by atoms with Gasteiger partial charge in [-0.3, -0.25) is 9.69 Å². The van der Waals surface area contributed by atoms with Gasteiger partial charge in [0.15, 0.2) is 5.69 Å². The summed E-state index contributed by atoms with van der Waals surface area (Å²) in [5, 5.41) is 8.99. The van der Waals surface area contributed by atoms with Gasteiger partial charge in [0.1, 0.15) is 17.0 Å². The number of benzene rings is 2. The first-order valence-corrected chi connectivity index (χ1v) is 11.0. The minimum atomic E-state index is -0.342. The van der Waals surface area contributed by atoms with Gasteiger partial charge in [0, 0.05) is 18.3 Å². The molecule has 9 nitrogen and oxygen atoms in total. The average molecular weight is 455 g/mol. The van der Waals surface area contributed by atoms with E-state index >= 15 is 0 Å². The van der Waals surface area contributed by atoms with E-state index in [-0.39, 0.29) is 22.8 Å². The number of hydrogen-bond donors (Lipinski definition) is 0. The zero-order chi connectivity index (χ0) is 23.3. The van der Waals surface area contributed by atoms with Crippen LogP contribution in [0.25, 0.3) is 22.8 Å². The molecular weight excluding hydrogens is 434 g/mol. The van der Waals surface area contributed by atoms with Crippen molar-refractivity contribution >= 4 is 11.8 Å². The van der Waals surface area contributed by atoms with Gasteiger partial charge in [-0.05, 0) is 43.2 Å². The normalized spacial score (nSPS) is 16.0. The first kappa shape index (κ1) is 20.2. The molecule has 0 atom stereocenters. The van der Waals surface area contributed by atoms with Crippen molar-refractivity contribution in [3.05, 3.63) is 83.3 Å². The molecule has 0 bridgehead atoms. The lowest BCUT2D eigenvalue weighted by atomic mass is 10.2. The van der Waals surface area contributed by atoms with Gasteiger partial charge in [0.2, 0.25) is 5.43 Å². The number of anilines is 1. The smallest absolute Gasteiger partial charge is 0.415 e. The topological polar surface area (TPSA) is 91.5 Å². The Balaban J connectivity index is 1.39. The number of ether oxygens (including phenoxy) is 2. The highest BCUT2D eigenvalue weighted by atomic mass is 16.6. The van der Waals surface area contributed by atoms with Crippen LogP contribution in [0.4, 0.5) is 10.5 Å². The van der Waals surface area contributed by atoms with Crippen LogP contribution in [0.3, 0.4) is 0 Å². The highest BCUT2D eigenvalue weighted by Crippen LogP contribution is 2.46. The van der Waals surface area contributed by atoms with Crippen molar-refractivity contribution in [1.82, 2.24) is 19.6 Å². The molecule has 2 fully saturated rings. The van der Waals surface area contributed by atoms with Crippen LogP contribution < -0.4 is 15.1 Å². The number of nitrogens with zero attached hydrogens (tertiary/aromatic N) is 5. The van der Waals surface area contributed by atoms with E-state index in [0.29, 0.717) is 29.4 Å². The molecule has 1 amide bonds. The lowest BCUT2D eigenvalue weighted by Gasteiger charge is -2.17. The Kier molecular flexibility index (Phi) is 4.51. The number of aromatic nitrogens is 4. The third-order valence-electron chi connectivity index (χ3n) is 6.19. The Hall–Kier alpha value is -4.40. The predicted molar refractivity (Wildman–Crippen MR) is 125 cm³/mol. The number of hydrogen-bond acceptors (Lipinski definition) is 6. The number of para-hydroxylation sites is 1. The van der Waals surface area contributed by atoms with E-state index in [1.54, 1.807) is 45.9 Å². The highest BCUT2D eigenvalue weighted by Gasteiger charge is 2.54. The summed E-state index contributed by atoms with van der Waals surface area (Å²) in [7, 11) is 1.56. The molecule has 170 valence electrons. The molecule has 2 aromatic heterocycles. The van der Waals surface area contributed by atoms with Crippen LogP contribution in [-0.2, 0) is 4.74 Å². The Labute approximate surface area is 194 Å². The second-order valence-electron chi connectivity index (χ2n) is 8.43. The van der Waals surface area contributed by atoms with Crippen LogP contribution in [0.2, 0.25) is 0 Å². The van der Waals surface area contributed by atoms with Gasteiger partial charge >= 0.3 is 6.09 Å². The van der Waals surface area contributed by atoms with Crippen LogP contribution in [0.1, 0.15) is 12.8 Å². The van der Waals surface area contributed by atoms with Crippen molar-refractivity contribution < 1.29 is 14.3 Å². The van der Waals surface area contributed by atoms with Crippen molar-refractivity contribution in [2.45, 2.75) is 18.4 Å². The maximum absolute atomic E-state index is 12.8. The Bertz CT molecular complexity index is 1460. The fraction of sp³-hybridized carbons (Fsp3) is 0.200. The van der Waals surface area contributed by atoms with Crippen LogP contribution >= 0.6 is 0 Å². The molecule has 6 rings (SSSR count). The van der Waals surface area contributed by atoms with Crippen molar-refractivity contribution in [3.63, 3.8) is 0 Å². The minimum Gasteiger partial charge on any atom is -0.494 e. The lowest BCUT2D eigenvalue weighted by molar-refractivity contribution is 0.129. The van der Waals surface area contributed by atoms with E-state index in [4.69, 9.17) is 9.47 Å². The second-order valence-corrected chi connectivity index (χ2v) is 8.43. The summed E-state index contributed by atoms with van der Waals surface area (Å²) in [5.41, 5.74) is 2.44. The maximum atomic E-state index is 12.8. The molecule has 2 aliphatic rings. The zero-order valence-electron chi connectivity index (χ0n) is 18.4. The van der Waals surface area contributed by atoms with Gasteiger partial charge in [-0.1, -0.05) is 18.2 Å². The fourth-order valence-corrected chi connectivity index (χ4v) is 4.22. The first-order valence-electron chi connectivity index (χ1n) is 11.0. The molecule has 9 heteroatoms. The van der Waals surface area contributed by atoms with Gasteiger partial charge in [-0.25, -0.2) is 14.2 Å². The molecule has 2 aromatic carbocycles. The summed E-state index contributed by atoms with van der Waals surface area (Å²) in [4.78, 5) is 26.7. The Morgan fingerprint density at radius 3 is 2.56 bits per heavy atom. The average Bonchev–Trinajstić information content (AvgIpc) is 3.29.